The van der Waals surface area contributed by atoms with E-state index < -0.39 is 5.41 Å². The number of rotatable bonds is 11. The number of aromatic hydroxyl groups is 2. The number of hydrogen-bond donors (Lipinski definition) is 2. The van der Waals surface area contributed by atoms with Gasteiger partial charge in [-0.2, -0.15) is 0 Å². The van der Waals surface area contributed by atoms with Gasteiger partial charge in [0.05, 0.1) is 5.41 Å². The standard InChI is InChI=1S/C30H47BrO4/c1-20(2)23-13-12-21(19-35-28(34)29(3,4)5)16-24(23)27-25(32)17-22(18-26(27)33)30(6,7)14-10-8-9-11-15-31/h12,17-18,20,23-24,32-33H,8-11,13-16,19H2,1-7H3/t23-,24+/m0/s1. The molecular weight excluding hydrogens is 504 g/mol. The molecule has 2 atom stereocenters. The number of unbranched alkanes of at least 4 members (excludes halogenated alkanes) is 3. The molecule has 0 spiro atoms. The number of carbonyl (C=O) groups is 1. The molecule has 1 aliphatic carbocycles. The minimum Gasteiger partial charge on any atom is -0.508 e. The van der Waals surface area contributed by atoms with E-state index in [1.807, 2.05) is 32.9 Å². The lowest BCUT2D eigenvalue weighted by Crippen LogP contribution is -2.27. The monoisotopic (exact) mass is 550 g/mol. The second-order valence-corrected chi connectivity index (χ2v) is 13.1. The fourth-order valence-electron chi connectivity index (χ4n) is 5.08. The van der Waals surface area contributed by atoms with Gasteiger partial charge in [-0.1, -0.05) is 69.0 Å². The molecule has 0 aromatic heterocycles. The number of alkyl halides is 1. The zero-order chi connectivity index (χ0) is 26.4. The van der Waals surface area contributed by atoms with Crippen molar-refractivity contribution in [2.75, 3.05) is 11.9 Å². The van der Waals surface area contributed by atoms with Crippen LogP contribution < -0.4 is 0 Å². The molecular formula is C30H47BrO4. The van der Waals surface area contributed by atoms with Gasteiger partial charge in [0.2, 0.25) is 0 Å². The Kier molecular flexibility index (Phi) is 10.8. The van der Waals surface area contributed by atoms with Crippen LogP contribution in [0, 0.1) is 17.3 Å². The molecule has 0 fully saturated rings. The van der Waals surface area contributed by atoms with Gasteiger partial charge < -0.3 is 14.9 Å². The summed E-state index contributed by atoms with van der Waals surface area (Å²) in [5.74, 6) is 0.800. The Labute approximate surface area is 221 Å². The summed E-state index contributed by atoms with van der Waals surface area (Å²) in [6.45, 7) is 14.6. The lowest BCUT2D eigenvalue weighted by molar-refractivity contribution is -0.151. The zero-order valence-corrected chi connectivity index (χ0v) is 24.5. The van der Waals surface area contributed by atoms with Crippen molar-refractivity contribution >= 4 is 21.9 Å². The molecule has 0 amide bonds. The number of hydrogen-bond acceptors (Lipinski definition) is 4. The quantitative estimate of drug-likeness (QED) is 0.125. The largest absolute Gasteiger partial charge is 0.508 e. The fraction of sp³-hybridized carbons (Fsp3) is 0.700. The van der Waals surface area contributed by atoms with Crippen LogP contribution >= 0.6 is 15.9 Å². The first-order chi connectivity index (χ1) is 16.3. The van der Waals surface area contributed by atoms with E-state index in [1.54, 1.807) is 0 Å². The average molecular weight is 552 g/mol. The second kappa shape index (κ2) is 12.7. The predicted molar refractivity (Wildman–Crippen MR) is 148 cm³/mol. The van der Waals surface area contributed by atoms with Crippen LogP contribution in [-0.2, 0) is 14.9 Å². The summed E-state index contributed by atoms with van der Waals surface area (Å²) >= 11 is 3.49. The number of allylic oxidation sites excluding steroid dienone is 1. The van der Waals surface area contributed by atoms with Gasteiger partial charge in [0.1, 0.15) is 18.1 Å². The molecule has 198 valence electrons. The van der Waals surface area contributed by atoms with Gasteiger partial charge in [0, 0.05) is 10.9 Å². The van der Waals surface area contributed by atoms with Crippen molar-refractivity contribution in [2.24, 2.45) is 17.3 Å². The van der Waals surface area contributed by atoms with Crippen LogP contribution in [0.4, 0.5) is 0 Å². The third-order valence-electron chi connectivity index (χ3n) is 7.51. The van der Waals surface area contributed by atoms with E-state index in [9.17, 15) is 15.0 Å². The Hall–Kier alpha value is -1.49. The number of ether oxygens (including phenoxy) is 1. The number of esters is 1. The van der Waals surface area contributed by atoms with Gasteiger partial charge in [-0.3, -0.25) is 4.79 Å². The van der Waals surface area contributed by atoms with E-state index in [4.69, 9.17) is 4.74 Å². The Balaban J connectivity index is 2.23. The number of benzene rings is 1. The van der Waals surface area contributed by atoms with Gasteiger partial charge in [-0.25, -0.2) is 0 Å². The van der Waals surface area contributed by atoms with Gasteiger partial charge >= 0.3 is 5.97 Å². The van der Waals surface area contributed by atoms with E-state index in [2.05, 4.69) is 49.7 Å². The molecule has 5 heteroatoms. The molecule has 0 radical (unpaired) electrons. The Morgan fingerprint density at radius 3 is 2.20 bits per heavy atom. The third kappa shape index (κ3) is 8.27. The SMILES string of the molecule is CC(C)[C@@H]1CC=C(COC(=O)C(C)(C)C)C[C@H]1c1c(O)cc(C(C)(C)CCCCCCBr)cc1O. The number of carbonyl (C=O) groups excluding carboxylic acids is 1. The van der Waals surface area contributed by atoms with Crippen molar-refractivity contribution in [1.29, 1.82) is 0 Å². The highest BCUT2D eigenvalue weighted by Crippen LogP contribution is 2.49. The Bertz CT molecular complexity index is 856. The fourth-order valence-corrected chi connectivity index (χ4v) is 5.48. The second-order valence-electron chi connectivity index (χ2n) is 12.3. The molecule has 2 rings (SSSR count). The molecule has 0 saturated carbocycles. The first kappa shape index (κ1) is 29.7. The minimum absolute atomic E-state index is 0.0234. The van der Waals surface area contributed by atoms with Crippen molar-refractivity contribution in [2.45, 2.75) is 105 Å². The summed E-state index contributed by atoms with van der Waals surface area (Å²) in [6.07, 6.45) is 9.43. The molecule has 0 heterocycles. The maximum atomic E-state index is 12.3. The summed E-state index contributed by atoms with van der Waals surface area (Å²) in [6, 6.07) is 3.73. The highest BCUT2D eigenvalue weighted by atomic mass is 79.9. The molecule has 1 aromatic rings. The molecule has 0 aliphatic heterocycles. The van der Waals surface area contributed by atoms with Gasteiger partial charge in [-0.15, -0.1) is 0 Å². The lowest BCUT2D eigenvalue weighted by Gasteiger charge is -2.36. The summed E-state index contributed by atoms with van der Waals surface area (Å²) in [5.41, 5.74) is 1.99. The van der Waals surface area contributed by atoms with E-state index in [1.165, 1.54) is 19.3 Å². The van der Waals surface area contributed by atoms with Crippen LogP contribution in [0.2, 0.25) is 0 Å². The van der Waals surface area contributed by atoms with Crippen molar-refractivity contribution in [3.63, 3.8) is 0 Å². The minimum atomic E-state index is -0.540. The van der Waals surface area contributed by atoms with Crippen LogP contribution in [0.5, 0.6) is 11.5 Å². The molecule has 35 heavy (non-hydrogen) atoms. The number of halogens is 1. The highest BCUT2D eigenvalue weighted by Gasteiger charge is 2.35. The van der Waals surface area contributed by atoms with E-state index >= 15 is 0 Å². The van der Waals surface area contributed by atoms with E-state index in [0.29, 0.717) is 23.8 Å². The van der Waals surface area contributed by atoms with Crippen LogP contribution in [0.1, 0.15) is 110 Å². The Morgan fingerprint density at radius 1 is 1.06 bits per heavy atom. The topological polar surface area (TPSA) is 66.8 Å². The van der Waals surface area contributed by atoms with Crippen molar-refractivity contribution in [3.05, 3.63) is 34.9 Å². The van der Waals surface area contributed by atoms with Gasteiger partial charge in [0.25, 0.3) is 0 Å². The lowest BCUT2D eigenvalue weighted by atomic mass is 9.70. The normalized spacial score (nSPS) is 19.1. The maximum absolute atomic E-state index is 12.3. The molecule has 1 aromatic carbocycles. The predicted octanol–water partition coefficient (Wildman–Crippen LogP) is 8.39. The summed E-state index contributed by atoms with van der Waals surface area (Å²) < 4.78 is 5.58. The molecule has 2 N–H and O–H groups in total. The number of phenolic OH excluding ortho intramolecular Hbond substituents is 2. The van der Waals surface area contributed by atoms with Crippen molar-refractivity contribution in [1.82, 2.24) is 0 Å². The van der Waals surface area contributed by atoms with E-state index in [-0.39, 0.29) is 35.4 Å². The maximum Gasteiger partial charge on any atom is 0.311 e. The summed E-state index contributed by atoms with van der Waals surface area (Å²) in [5, 5.41) is 23.4. The van der Waals surface area contributed by atoms with Crippen LogP contribution in [-0.4, -0.2) is 28.1 Å². The van der Waals surface area contributed by atoms with Crippen LogP contribution in [0.15, 0.2) is 23.8 Å². The molecule has 0 unspecified atom stereocenters. The molecule has 0 saturated heterocycles. The highest BCUT2D eigenvalue weighted by molar-refractivity contribution is 9.09. The first-order valence-electron chi connectivity index (χ1n) is 13.3. The molecule has 4 nitrogen and oxygen atoms in total. The summed E-state index contributed by atoms with van der Waals surface area (Å²) in [4.78, 5) is 12.3. The van der Waals surface area contributed by atoms with Gasteiger partial charge in [-0.05, 0) is 92.9 Å². The van der Waals surface area contributed by atoms with Crippen LogP contribution in [0.25, 0.3) is 0 Å². The smallest absolute Gasteiger partial charge is 0.311 e. The van der Waals surface area contributed by atoms with Crippen molar-refractivity contribution < 1.29 is 19.7 Å². The van der Waals surface area contributed by atoms with Gasteiger partial charge in [0.15, 0.2) is 0 Å². The zero-order valence-electron chi connectivity index (χ0n) is 22.9. The Morgan fingerprint density at radius 2 is 1.66 bits per heavy atom. The average Bonchev–Trinajstić information content (AvgIpc) is 2.76. The van der Waals surface area contributed by atoms with E-state index in [0.717, 1.165) is 35.7 Å². The number of phenols is 2. The molecule has 0 bridgehead atoms. The van der Waals surface area contributed by atoms with Crippen molar-refractivity contribution in [3.8, 4) is 11.5 Å². The third-order valence-corrected chi connectivity index (χ3v) is 8.07. The first-order valence-corrected chi connectivity index (χ1v) is 14.4. The summed E-state index contributed by atoms with van der Waals surface area (Å²) in [7, 11) is 0. The molecule has 1 aliphatic rings. The van der Waals surface area contributed by atoms with Crippen LogP contribution in [0.3, 0.4) is 0 Å².